The summed E-state index contributed by atoms with van der Waals surface area (Å²) in [7, 11) is 0. The average molecular weight is 246 g/mol. The summed E-state index contributed by atoms with van der Waals surface area (Å²) < 4.78 is 0. The van der Waals surface area contributed by atoms with E-state index in [2.05, 4.69) is 46.3 Å². The molecule has 0 amide bonds. The van der Waals surface area contributed by atoms with E-state index in [1.54, 1.807) is 12.3 Å². The van der Waals surface area contributed by atoms with Crippen LogP contribution in [0.25, 0.3) is 0 Å². The number of H-pyrrole nitrogens is 1. The van der Waals surface area contributed by atoms with Gasteiger partial charge in [-0.2, -0.15) is 5.10 Å². The monoisotopic (exact) mass is 246 g/mol. The first-order valence-corrected chi connectivity index (χ1v) is 5.84. The number of nitrogens with zero attached hydrogens (tertiary/aromatic N) is 3. The van der Waals surface area contributed by atoms with Gasteiger partial charge < -0.3 is 11.1 Å². The lowest BCUT2D eigenvalue weighted by molar-refractivity contribution is 0.567. The fraction of sp³-hybridized carbons (Fsp3) is 0.417. The third-order valence-electron chi connectivity index (χ3n) is 2.53. The van der Waals surface area contributed by atoms with Crippen LogP contribution in [0.4, 0.5) is 11.6 Å². The van der Waals surface area contributed by atoms with E-state index in [0.29, 0.717) is 18.2 Å². The number of aromatic amines is 1. The number of nitrogens with two attached hydrogens (primary N) is 1. The van der Waals surface area contributed by atoms with Gasteiger partial charge in [0.25, 0.3) is 0 Å². The Kier molecular flexibility index (Phi) is 3.29. The van der Waals surface area contributed by atoms with Crippen LogP contribution in [0.15, 0.2) is 18.3 Å². The van der Waals surface area contributed by atoms with Gasteiger partial charge >= 0.3 is 0 Å². The fourth-order valence-electron chi connectivity index (χ4n) is 1.47. The normalized spacial score (nSPS) is 11.6. The number of rotatable bonds is 3. The summed E-state index contributed by atoms with van der Waals surface area (Å²) >= 11 is 0. The van der Waals surface area contributed by atoms with Gasteiger partial charge in [0.15, 0.2) is 5.82 Å². The Bertz CT molecular complexity index is 525. The van der Waals surface area contributed by atoms with Crippen molar-refractivity contribution in [1.29, 1.82) is 0 Å². The molecule has 0 aliphatic rings. The van der Waals surface area contributed by atoms with Crippen LogP contribution in [-0.2, 0) is 12.0 Å². The van der Waals surface area contributed by atoms with Gasteiger partial charge in [-0.3, -0.25) is 5.10 Å². The molecule has 6 heteroatoms. The molecule has 18 heavy (non-hydrogen) atoms. The maximum absolute atomic E-state index is 5.50. The molecule has 96 valence electrons. The molecule has 0 bridgehead atoms. The molecule has 0 atom stereocenters. The Labute approximate surface area is 106 Å². The number of aromatic nitrogens is 4. The number of anilines is 2. The van der Waals surface area contributed by atoms with E-state index in [1.165, 1.54) is 0 Å². The van der Waals surface area contributed by atoms with Crippen molar-refractivity contribution in [2.24, 2.45) is 5.73 Å². The standard InChI is InChI=1S/C12H18N6/c1-12(2,3)8-6-10(18-17-8)15-9-4-5-14-11(7-13)16-9/h4-6H,7,13H2,1-3H3,(H2,14,15,16,17,18). The van der Waals surface area contributed by atoms with Gasteiger partial charge in [-0.05, 0) is 6.07 Å². The highest BCUT2D eigenvalue weighted by atomic mass is 15.2. The van der Waals surface area contributed by atoms with Gasteiger partial charge in [-0.15, -0.1) is 0 Å². The Morgan fingerprint density at radius 2 is 2.11 bits per heavy atom. The quantitative estimate of drug-likeness (QED) is 0.766. The van der Waals surface area contributed by atoms with E-state index in [0.717, 1.165) is 11.5 Å². The summed E-state index contributed by atoms with van der Waals surface area (Å²) in [6, 6.07) is 3.76. The molecule has 0 spiro atoms. The van der Waals surface area contributed by atoms with E-state index in [4.69, 9.17) is 5.73 Å². The van der Waals surface area contributed by atoms with E-state index < -0.39 is 0 Å². The van der Waals surface area contributed by atoms with Gasteiger partial charge in [0, 0.05) is 23.4 Å². The van der Waals surface area contributed by atoms with E-state index in [-0.39, 0.29) is 5.41 Å². The molecule has 0 fully saturated rings. The van der Waals surface area contributed by atoms with E-state index >= 15 is 0 Å². The SMILES string of the molecule is CC(C)(C)c1cc(Nc2ccnc(CN)n2)n[nH]1. The Balaban J connectivity index is 2.16. The minimum Gasteiger partial charge on any atom is -0.324 e. The Hall–Kier alpha value is -1.95. The van der Waals surface area contributed by atoms with Crippen LogP contribution in [0.2, 0.25) is 0 Å². The molecule has 0 radical (unpaired) electrons. The van der Waals surface area contributed by atoms with Crippen molar-refractivity contribution in [3.8, 4) is 0 Å². The van der Waals surface area contributed by atoms with Crippen LogP contribution in [0, 0.1) is 0 Å². The average Bonchev–Trinajstić information content (AvgIpc) is 2.77. The summed E-state index contributed by atoms with van der Waals surface area (Å²) in [5.41, 5.74) is 6.61. The van der Waals surface area contributed by atoms with Crippen LogP contribution in [-0.4, -0.2) is 20.2 Å². The van der Waals surface area contributed by atoms with E-state index in [9.17, 15) is 0 Å². The lowest BCUT2D eigenvalue weighted by atomic mass is 9.92. The maximum atomic E-state index is 5.50. The van der Waals surface area contributed by atoms with Crippen LogP contribution < -0.4 is 11.1 Å². The summed E-state index contributed by atoms with van der Waals surface area (Å²) in [4.78, 5) is 8.30. The Morgan fingerprint density at radius 1 is 1.33 bits per heavy atom. The number of nitrogens with one attached hydrogen (secondary N) is 2. The van der Waals surface area contributed by atoms with Crippen molar-refractivity contribution in [1.82, 2.24) is 20.2 Å². The molecule has 2 aromatic rings. The van der Waals surface area contributed by atoms with Gasteiger partial charge in [-0.25, -0.2) is 9.97 Å². The van der Waals surface area contributed by atoms with Gasteiger partial charge in [-0.1, -0.05) is 20.8 Å². The molecule has 6 nitrogen and oxygen atoms in total. The molecule has 0 aromatic carbocycles. The zero-order chi connectivity index (χ0) is 13.2. The first kappa shape index (κ1) is 12.5. The minimum atomic E-state index is 0.0427. The molecular formula is C12H18N6. The predicted molar refractivity (Wildman–Crippen MR) is 70.5 cm³/mol. The molecule has 2 rings (SSSR count). The first-order chi connectivity index (χ1) is 8.49. The molecule has 0 saturated heterocycles. The van der Waals surface area contributed by atoms with Crippen LogP contribution >= 0.6 is 0 Å². The Morgan fingerprint density at radius 3 is 2.72 bits per heavy atom. The summed E-state index contributed by atoms with van der Waals surface area (Å²) in [6.45, 7) is 6.70. The third-order valence-corrected chi connectivity index (χ3v) is 2.53. The molecule has 0 aliphatic heterocycles. The second-order valence-corrected chi connectivity index (χ2v) is 5.10. The summed E-state index contributed by atoms with van der Waals surface area (Å²) in [5, 5.41) is 10.3. The molecule has 0 unspecified atom stereocenters. The largest absolute Gasteiger partial charge is 0.324 e. The van der Waals surface area contributed by atoms with E-state index in [1.807, 2.05) is 6.07 Å². The highest BCUT2D eigenvalue weighted by molar-refractivity contribution is 5.51. The highest BCUT2D eigenvalue weighted by Crippen LogP contribution is 2.23. The second-order valence-electron chi connectivity index (χ2n) is 5.10. The zero-order valence-electron chi connectivity index (χ0n) is 10.9. The van der Waals surface area contributed by atoms with Crippen LogP contribution in [0.3, 0.4) is 0 Å². The van der Waals surface area contributed by atoms with Crippen molar-refractivity contribution < 1.29 is 0 Å². The van der Waals surface area contributed by atoms with Gasteiger partial charge in [0.2, 0.25) is 0 Å². The minimum absolute atomic E-state index is 0.0427. The second kappa shape index (κ2) is 4.73. The van der Waals surface area contributed by atoms with Crippen LogP contribution in [0.5, 0.6) is 0 Å². The fourth-order valence-corrected chi connectivity index (χ4v) is 1.47. The topological polar surface area (TPSA) is 92.5 Å². The lowest BCUT2D eigenvalue weighted by Gasteiger charge is -2.14. The molecule has 0 saturated carbocycles. The summed E-state index contributed by atoms with van der Waals surface area (Å²) in [6.07, 6.45) is 1.68. The molecule has 4 N–H and O–H groups in total. The maximum Gasteiger partial charge on any atom is 0.153 e. The molecule has 2 aromatic heterocycles. The number of hydrogen-bond donors (Lipinski definition) is 3. The number of hydrogen-bond acceptors (Lipinski definition) is 5. The van der Waals surface area contributed by atoms with Crippen molar-refractivity contribution in [3.63, 3.8) is 0 Å². The summed E-state index contributed by atoms with van der Waals surface area (Å²) in [5.74, 6) is 2.03. The van der Waals surface area contributed by atoms with Gasteiger partial charge in [0.1, 0.15) is 11.6 Å². The third kappa shape index (κ3) is 2.84. The van der Waals surface area contributed by atoms with Crippen molar-refractivity contribution >= 4 is 11.6 Å². The van der Waals surface area contributed by atoms with Crippen molar-refractivity contribution in [2.75, 3.05) is 5.32 Å². The predicted octanol–water partition coefficient (Wildman–Crippen LogP) is 1.70. The van der Waals surface area contributed by atoms with Crippen molar-refractivity contribution in [2.45, 2.75) is 32.7 Å². The van der Waals surface area contributed by atoms with Crippen molar-refractivity contribution in [3.05, 3.63) is 29.8 Å². The first-order valence-electron chi connectivity index (χ1n) is 5.84. The molecular weight excluding hydrogens is 228 g/mol. The van der Waals surface area contributed by atoms with Gasteiger partial charge in [0.05, 0.1) is 6.54 Å². The molecule has 0 aliphatic carbocycles. The smallest absolute Gasteiger partial charge is 0.153 e. The lowest BCUT2D eigenvalue weighted by Crippen LogP contribution is -2.11. The highest BCUT2D eigenvalue weighted by Gasteiger charge is 2.16. The van der Waals surface area contributed by atoms with Crippen LogP contribution in [0.1, 0.15) is 32.3 Å². The molecule has 2 heterocycles. The zero-order valence-corrected chi connectivity index (χ0v) is 10.9.